The Hall–Kier alpha value is -1.59. The van der Waals surface area contributed by atoms with E-state index < -0.39 is 6.10 Å². The predicted octanol–water partition coefficient (Wildman–Crippen LogP) is 2.19. The van der Waals surface area contributed by atoms with Gasteiger partial charge in [0.15, 0.2) is 0 Å². The summed E-state index contributed by atoms with van der Waals surface area (Å²) in [6.45, 7) is 7.47. The van der Waals surface area contributed by atoms with Crippen LogP contribution in [0.5, 0.6) is 5.75 Å². The van der Waals surface area contributed by atoms with E-state index in [9.17, 15) is 9.90 Å². The Morgan fingerprint density at radius 3 is 2.43 bits per heavy atom. The maximum atomic E-state index is 11.4. The van der Waals surface area contributed by atoms with Crippen molar-refractivity contribution in [2.45, 2.75) is 26.4 Å². The summed E-state index contributed by atoms with van der Waals surface area (Å²) in [7, 11) is 1.35. The minimum Gasteiger partial charge on any atom is -0.491 e. The standard InChI is InChI=1S/C18H27NO4/c1-13-8-14(2)10-19(9-13)11-16(20)12-23-17-6-4-15(5-7-17)18(21)22-3/h4-7,13-14,16,20H,8-12H2,1-3H3/t13-,14-,16+/m1/s1. The van der Waals surface area contributed by atoms with Crippen LogP contribution >= 0.6 is 0 Å². The van der Waals surface area contributed by atoms with E-state index in [4.69, 9.17) is 4.74 Å². The van der Waals surface area contributed by atoms with Crippen LogP contribution in [0.15, 0.2) is 24.3 Å². The number of rotatable bonds is 6. The van der Waals surface area contributed by atoms with Crippen LogP contribution in [0.4, 0.5) is 0 Å². The average molecular weight is 321 g/mol. The highest BCUT2D eigenvalue weighted by molar-refractivity contribution is 5.89. The number of hydrogen-bond acceptors (Lipinski definition) is 5. The molecule has 0 saturated carbocycles. The molecule has 1 aliphatic heterocycles. The predicted molar refractivity (Wildman–Crippen MR) is 88.7 cm³/mol. The van der Waals surface area contributed by atoms with Gasteiger partial charge in [-0.2, -0.15) is 0 Å². The van der Waals surface area contributed by atoms with Crippen molar-refractivity contribution >= 4 is 5.97 Å². The average Bonchev–Trinajstić information content (AvgIpc) is 2.51. The smallest absolute Gasteiger partial charge is 0.337 e. The van der Waals surface area contributed by atoms with Gasteiger partial charge >= 0.3 is 5.97 Å². The zero-order valence-electron chi connectivity index (χ0n) is 14.2. The molecule has 1 aromatic carbocycles. The monoisotopic (exact) mass is 321 g/mol. The number of ether oxygens (including phenoxy) is 2. The molecule has 0 bridgehead atoms. The number of carbonyl (C=O) groups is 1. The van der Waals surface area contributed by atoms with Crippen molar-refractivity contribution in [2.24, 2.45) is 11.8 Å². The van der Waals surface area contributed by atoms with E-state index in [0.717, 1.165) is 13.1 Å². The molecular weight excluding hydrogens is 294 g/mol. The molecule has 1 heterocycles. The highest BCUT2D eigenvalue weighted by Crippen LogP contribution is 2.21. The van der Waals surface area contributed by atoms with Gasteiger partial charge in [0, 0.05) is 19.6 Å². The third kappa shape index (κ3) is 5.52. The molecule has 0 radical (unpaired) electrons. The number of β-amino-alcohol motifs (C(OH)–C–C–N with tert-alkyl or cyclic N) is 1. The number of aliphatic hydroxyl groups is 1. The topological polar surface area (TPSA) is 59.0 Å². The van der Waals surface area contributed by atoms with Crippen molar-refractivity contribution in [1.82, 2.24) is 4.90 Å². The van der Waals surface area contributed by atoms with Gasteiger partial charge in [-0.1, -0.05) is 13.8 Å². The molecule has 1 N–H and O–H groups in total. The molecule has 1 aliphatic rings. The first-order chi connectivity index (χ1) is 11.0. The van der Waals surface area contributed by atoms with E-state index in [1.807, 2.05) is 0 Å². The lowest BCUT2D eigenvalue weighted by atomic mass is 9.92. The maximum Gasteiger partial charge on any atom is 0.337 e. The van der Waals surface area contributed by atoms with Gasteiger partial charge < -0.3 is 19.5 Å². The van der Waals surface area contributed by atoms with Gasteiger partial charge in [0.05, 0.1) is 12.7 Å². The van der Waals surface area contributed by atoms with Crippen LogP contribution < -0.4 is 4.74 Å². The number of carbonyl (C=O) groups excluding carboxylic acids is 1. The largest absolute Gasteiger partial charge is 0.491 e. The normalized spacial score (nSPS) is 23.3. The lowest BCUT2D eigenvalue weighted by Gasteiger charge is -2.35. The summed E-state index contributed by atoms with van der Waals surface area (Å²) in [6, 6.07) is 6.73. The SMILES string of the molecule is COC(=O)c1ccc(OC[C@@H](O)CN2C[C@H](C)C[C@@H](C)C2)cc1. The molecule has 0 aliphatic carbocycles. The van der Waals surface area contributed by atoms with Gasteiger partial charge in [-0.15, -0.1) is 0 Å². The number of benzene rings is 1. The molecule has 128 valence electrons. The Kier molecular flexibility index (Phi) is 6.42. The molecule has 0 amide bonds. The minimum absolute atomic E-state index is 0.247. The summed E-state index contributed by atoms with van der Waals surface area (Å²) in [5, 5.41) is 10.2. The summed E-state index contributed by atoms with van der Waals surface area (Å²) in [6.07, 6.45) is 0.739. The third-order valence-electron chi connectivity index (χ3n) is 4.13. The Morgan fingerprint density at radius 2 is 1.87 bits per heavy atom. The van der Waals surface area contributed by atoms with Gasteiger partial charge in [0.2, 0.25) is 0 Å². The number of esters is 1. The van der Waals surface area contributed by atoms with Crippen LogP contribution in [0.1, 0.15) is 30.6 Å². The zero-order chi connectivity index (χ0) is 16.8. The fourth-order valence-electron chi connectivity index (χ4n) is 3.29. The second-order valence-electron chi connectivity index (χ2n) is 6.65. The molecule has 3 atom stereocenters. The number of methoxy groups -OCH3 is 1. The van der Waals surface area contributed by atoms with E-state index in [1.165, 1.54) is 13.5 Å². The van der Waals surface area contributed by atoms with Crippen molar-refractivity contribution in [3.63, 3.8) is 0 Å². The van der Waals surface area contributed by atoms with Gasteiger partial charge in [0.1, 0.15) is 18.5 Å². The minimum atomic E-state index is -0.521. The van der Waals surface area contributed by atoms with Crippen molar-refractivity contribution in [3.05, 3.63) is 29.8 Å². The van der Waals surface area contributed by atoms with E-state index >= 15 is 0 Å². The number of likely N-dealkylation sites (tertiary alicyclic amines) is 1. The Morgan fingerprint density at radius 1 is 1.26 bits per heavy atom. The molecule has 0 unspecified atom stereocenters. The van der Waals surface area contributed by atoms with Crippen LogP contribution in [0.2, 0.25) is 0 Å². The highest BCUT2D eigenvalue weighted by Gasteiger charge is 2.23. The molecule has 2 rings (SSSR count). The number of aliphatic hydroxyl groups excluding tert-OH is 1. The molecule has 1 aromatic rings. The number of nitrogens with zero attached hydrogens (tertiary/aromatic N) is 1. The Bertz CT molecular complexity index is 492. The number of hydrogen-bond donors (Lipinski definition) is 1. The first-order valence-corrected chi connectivity index (χ1v) is 8.19. The molecule has 23 heavy (non-hydrogen) atoms. The Balaban J connectivity index is 1.77. The lowest BCUT2D eigenvalue weighted by molar-refractivity contribution is 0.0428. The maximum absolute atomic E-state index is 11.4. The summed E-state index contributed by atoms with van der Waals surface area (Å²) in [5.74, 6) is 1.62. The van der Waals surface area contributed by atoms with Crippen molar-refractivity contribution in [1.29, 1.82) is 0 Å². The van der Waals surface area contributed by atoms with Crippen LogP contribution in [0.25, 0.3) is 0 Å². The van der Waals surface area contributed by atoms with E-state index in [-0.39, 0.29) is 12.6 Å². The van der Waals surface area contributed by atoms with Gasteiger partial charge in [-0.3, -0.25) is 0 Å². The van der Waals surface area contributed by atoms with Gasteiger partial charge in [-0.05, 0) is 42.5 Å². The van der Waals surface area contributed by atoms with Crippen molar-refractivity contribution < 1.29 is 19.4 Å². The summed E-state index contributed by atoms with van der Waals surface area (Å²) < 4.78 is 10.3. The molecule has 5 heteroatoms. The van der Waals surface area contributed by atoms with Crippen LogP contribution in [-0.2, 0) is 4.74 Å². The van der Waals surface area contributed by atoms with E-state index in [1.54, 1.807) is 24.3 Å². The summed E-state index contributed by atoms with van der Waals surface area (Å²) >= 11 is 0. The Labute approximate surface area is 138 Å². The fraction of sp³-hybridized carbons (Fsp3) is 0.611. The van der Waals surface area contributed by atoms with Gasteiger partial charge in [-0.25, -0.2) is 4.79 Å². The quantitative estimate of drug-likeness (QED) is 0.814. The fourth-order valence-corrected chi connectivity index (χ4v) is 3.29. The second-order valence-corrected chi connectivity index (χ2v) is 6.65. The van der Waals surface area contributed by atoms with Crippen LogP contribution in [-0.4, -0.2) is 55.4 Å². The van der Waals surface area contributed by atoms with Crippen LogP contribution in [0, 0.1) is 11.8 Å². The summed E-state index contributed by atoms with van der Waals surface area (Å²) in [4.78, 5) is 13.7. The van der Waals surface area contributed by atoms with Crippen molar-refractivity contribution in [2.75, 3.05) is 33.4 Å². The molecule has 5 nitrogen and oxygen atoms in total. The summed E-state index contributed by atoms with van der Waals surface area (Å²) in [5.41, 5.74) is 0.483. The van der Waals surface area contributed by atoms with Crippen molar-refractivity contribution in [3.8, 4) is 5.75 Å². The molecule has 0 aromatic heterocycles. The second kappa shape index (κ2) is 8.31. The van der Waals surface area contributed by atoms with E-state index in [2.05, 4.69) is 23.5 Å². The first-order valence-electron chi connectivity index (χ1n) is 8.19. The molecule has 0 spiro atoms. The van der Waals surface area contributed by atoms with Gasteiger partial charge in [0.25, 0.3) is 0 Å². The first kappa shape index (κ1) is 17.8. The molecular formula is C18H27NO4. The number of piperidine rings is 1. The zero-order valence-corrected chi connectivity index (χ0v) is 14.2. The van der Waals surface area contributed by atoms with Crippen LogP contribution in [0.3, 0.4) is 0 Å². The highest BCUT2D eigenvalue weighted by atomic mass is 16.5. The van der Waals surface area contributed by atoms with E-state index in [0.29, 0.717) is 29.7 Å². The molecule has 1 fully saturated rings. The molecule has 1 saturated heterocycles. The lowest BCUT2D eigenvalue weighted by Crippen LogP contribution is -2.43. The third-order valence-corrected chi connectivity index (χ3v) is 4.13.